The third-order valence-electron chi connectivity index (χ3n) is 4.91. The van der Waals surface area contributed by atoms with Crippen LogP contribution >= 0.6 is 0 Å². The molecular formula is C23H29N3O2. The lowest BCUT2D eigenvalue weighted by atomic mass is 10.2. The molecule has 148 valence electrons. The maximum absolute atomic E-state index is 12.3. The second kappa shape index (κ2) is 9.93. The lowest BCUT2D eigenvalue weighted by Gasteiger charge is -2.10. The molecule has 0 aliphatic carbocycles. The van der Waals surface area contributed by atoms with Gasteiger partial charge >= 0.3 is 0 Å². The largest absolute Gasteiger partial charge is 0.497 e. The maximum Gasteiger partial charge on any atom is 0.251 e. The van der Waals surface area contributed by atoms with E-state index in [2.05, 4.69) is 35.0 Å². The van der Waals surface area contributed by atoms with Gasteiger partial charge in [-0.15, -0.1) is 0 Å². The number of aryl methyl sites for hydroxylation is 2. The smallest absolute Gasteiger partial charge is 0.251 e. The van der Waals surface area contributed by atoms with Crippen molar-refractivity contribution in [2.24, 2.45) is 0 Å². The van der Waals surface area contributed by atoms with Crippen molar-refractivity contribution in [1.29, 1.82) is 0 Å². The summed E-state index contributed by atoms with van der Waals surface area (Å²) in [6.45, 7) is 3.84. The van der Waals surface area contributed by atoms with Crippen molar-refractivity contribution in [3.8, 4) is 5.75 Å². The Kier molecular flexibility index (Phi) is 7.06. The minimum Gasteiger partial charge on any atom is -0.497 e. The monoisotopic (exact) mass is 379 g/mol. The summed E-state index contributed by atoms with van der Waals surface area (Å²) in [6, 6.07) is 15.5. The number of rotatable bonds is 10. The fraction of sp³-hybridized carbons (Fsp3) is 0.391. The van der Waals surface area contributed by atoms with E-state index in [4.69, 9.17) is 9.72 Å². The summed E-state index contributed by atoms with van der Waals surface area (Å²) in [7, 11) is 1.60. The molecule has 0 fully saturated rings. The van der Waals surface area contributed by atoms with E-state index in [9.17, 15) is 4.79 Å². The van der Waals surface area contributed by atoms with Crippen LogP contribution in [0, 0.1) is 0 Å². The molecule has 0 spiro atoms. The number of methoxy groups -OCH3 is 1. The van der Waals surface area contributed by atoms with Crippen LogP contribution in [0.15, 0.2) is 48.5 Å². The second-order valence-corrected chi connectivity index (χ2v) is 6.97. The zero-order valence-electron chi connectivity index (χ0n) is 16.8. The van der Waals surface area contributed by atoms with Crippen molar-refractivity contribution >= 4 is 16.9 Å². The number of aromatic nitrogens is 2. The van der Waals surface area contributed by atoms with E-state index in [0.717, 1.165) is 37.1 Å². The molecule has 0 aliphatic rings. The molecule has 3 rings (SSSR count). The van der Waals surface area contributed by atoms with E-state index in [1.165, 1.54) is 18.4 Å². The van der Waals surface area contributed by atoms with Gasteiger partial charge in [-0.05, 0) is 43.2 Å². The highest BCUT2D eigenvalue weighted by atomic mass is 16.5. The Morgan fingerprint density at radius 2 is 1.96 bits per heavy atom. The van der Waals surface area contributed by atoms with Crippen LogP contribution in [0.25, 0.3) is 11.0 Å². The van der Waals surface area contributed by atoms with E-state index < -0.39 is 0 Å². The topological polar surface area (TPSA) is 56.2 Å². The van der Waals surface area contributed by atoms with Gasteiger partial charge in [0.2, 0.25) is 0 Å². The van der Waals surface area contributed by atoms with Crippen LogP contribution in [-0.4, -0.2) is 29.1 Å². The van der Waals surface area contributed by atoms with Crippen molar-refractivity contribution in [2.45, 2.75) is 45.6 Å². The fourth-order valence-electron chi connectivity index (χ4n) is 3.40. The van der Waals surface area contributed by atoms with Gasteiger partial charge in [0.15, 0.2) is 0 Å². The average molecular weight is 380 g/mol. The Bertz CT molecular complexity index is 917. The first kappa shape index (κ1) is 19.9. The zero-order valence-corrected chi connectivity index (χ0v) is 16.8. The Morgan fingerprint density at radius 1 is 1.11 bits per heavy atom. The number of hydrogen-bond acceptors (Lipinski definition) is 3. The number of hydrogen-bond donors (Lipinski definition) is 1. The Balaban J connectivity index is 1.58. The SMILES string of the molecule is CCCCCn1c(CCCNC(=O)c2cccc(OC)c2)nc2ccccc21. The van der Waals surface area contributed by atoms with Gasteiger partial charge in [-0.25, -0.2) is 4.98 Å². The van der Waals surface area contributed by atoms with Crippen LogP contribution in [0.2, 0.25) is 0 Å². The number of nitrogens with one attached hydrogen (secondary N) is 1. The average Bonchev–Trinajstić information content (AvgIpc) is 3.09. The normalized spacial score (nSPS) is 10.9. The van der Waals surface area contributed by atoms with Gasteiger partial charge in [0.1, 0.15) is 11.6 Å². The highest BCUT2D eigenvalue weighted by Crippen LogP contribution is 2.18. The molecule has 1 aromatic heterocycles. The van der Waals surface area contributed by atoms with Crippen LogP contribution in [0.5, 0.6) is 5.75 Å². The van der Waals surface area contributed by atoms with Crippen LogP contribution in [0.1, 0.15) is 48.8 Å². The van der Waals surface area contributed by atoms with Crippen molar-refractivity contribution in [2.75, 3.05) is 13.7 Å². The van der Waals surface area contributed by atoms with E-state index in [-0.39, 0.29) is 5.91 Å². The fourth-order valence-corrected chi connectivity index (χ4v) is 3.40. The first-order valence-electron chi connectivity index (χ1n) is 10.1. The maximum atomic E-state index is 12.3. The highest BCUT2D eigenvalue weighted by molar-refractivity contribution is 5.94. The summed E-state index contributed by atoms with van der Waals surface area (Å²) in [5.74, 6) is 1.72. The van der Waals surface area contributed by atoms with Crippen LogP contribution < -0.4 is 10.1 Å². The number of para-hydroxylation sites is 2. The number of imidazole rings is 1. The quantitative estimate of drug-likeness (QED) is 0.524. The summed E-state index contributed by atoms with van der Waals surface area (Å²) in [6.07, 6.45) is 5.29. The van der Waals surface area contributed by atoms with Crippen molar-refractivity contribution in [1.82, 2.24) is 14.9 Å². The summed E-state index contributed by atoms with van der Waals surface area (Å²) >= 11 is 0. The lowest BCUT2D eigenvalue weighted by Crippen LogP contribution is -2.25. The number of carbonyl (C=O) groups excluding carboxylic acids is 1. The van der Waals surface area contributed by atoms with Crippen LogP contribution in [0.3, 0.4) is 0 Å². The van der Waals surface area contributed by atoms with Gasteiger partial charge in [0.25, 0.3) is 5.91 Å². The van der Waals surface area contributed by atoms with E-state index >= 15 is 0 Å². The van der Waals surface area contributed by atoms with Crippen LogP contribution in [-0.2, 0) is 13.0 Å². The first-order valence-corrected chi connectivity index (χ1v) is 10.1. The molecule has 0 unspecified atom stereocenters. The van der Waals surface area contributed by atoms with E-state index in [1.54, 1.807) is 19.2 Å². The molecule has 1 heterocycles. The molecule has 1 amide bonds. The Labute approximate surface area is 166 Å². The van der Waals surface area contributed by atoms with Gasteiger partial charge < -0.3 is 14.6 Å². The molecule has 0 bridgehead atoms. The summed E-state index contributed by atoms with van der Waals surface area (Å²) in [5, 5.41) is 2.99. The molecular weight excluding hydrogens is 350 g/mol. The molecule has 0 saturated carbocycles. The molecule has 0 radical (unpaired) electrons. The predicted molar refractivity (Wildman–Crippen MR) is 113 cm³/mol. The number of nitrogens with zero attached hydrogens (tertiary/aromatic N) is 2. The van der Waals surface area contributed by atoms with Gasteiger partial charge in [-0.1, -0.05) is 38.0 Å². The van der Waals surface area contributed by atoms with E-state index in [1.807, 2.05) is 18.2 Å². The van der Waals surface area contributed by atoms with Gasteiger partial charge in [0.05, 0.1) is 18.1 Å². The molecule has 3 aromatic rings. The van der Waals surface area contributed by atoms with Crippen molar-refractivity contribution in [3.05, 3.63) is 59.9 Å². The van der Waals surface area contributed by atoms with Gasteiger partial charge in [0, 0.05) is 25.1 Å². The number of amides is 1. The molecule has 28 heavy (non-hydrogen) atoms. The third-order valence-corrected chi connectivity index (χ3v) is 4.91. The zero-order chi connectivity index (χ0) is 19.8. The van der Waals surface area contributed by atoms with Gasteiger partial charge in [-0.2, -0.15) is 0 Å². The predicted octanol–water partition coefficient (Wildman–Crippen LogP) is 4.60. The third kappa shape index (κ3) is 4.91. The lowest BCUT2D eigenvalue weighted by molar-refractivity contribution is 0.0953. The molecule has 5 nitrogen and oxygen atoms in total. The number of benzene rings is 2. The standard InChI is InChI=1S/C23H29N3O2/c1-3-4-7-16-26-21-13-6-5-12-20(21)25-22(26)14-9-15-24-23(27)18-10-8-11-19(17-18)28-2/h5-6,8,10-13,17H,3-4,7,9,14-16H2,1-2H3,(H,24,27). The molecule has 0 saturated heterocycles. The first-order chi connectivity index (χ1) is 13.7. The van der Waals surface area contributed by atoms with E-state index in [0.29, 0.717) is 17.9 Å². The second-order valence-electron chi connectivity index (χ2n) is 6.97. The Hall–Kier alpha value is -2.82. The molecule has 0 atom stereocenters. The molecule has 0 aliphatic heterocycles. The van der Waals surface area contributed by atoms with Crippen molar-refractivity contribution < 1.29 is 9.53 Å². The number of unbranched alkanes of at least 4 members (excludes halogenated alkanes) is 2. The number of carbonyl (C=O) groups is 1. The minimum absolute atomic E-state index is 0.0738. The number of ether oxygens (including phenoxy) is 1. The highest BCUT2D eigenvalue weighted by Gasteiger charge is 2.11. The Morgan fingerprint density at radius 3 is 2.79 bits per heavy atom. The minimum atomic E-state index is -0.0738. The molecule has 2 aromatic carbocycles. The van der Waals surface area contributed by atoms with Crippen LogP contribution in [0.4, 0.5) is 0 Å². The summed E-state index contributed by atoms with van der Waals surface area (Å²) in [5.41, 5.74) is 2.87. The molecule has 1 N–H and O–H groups in total. The van der Waals surface area contributed by atoms with Crippen molar-refractivity contribution in [3.63, 3.8) is 0 Å². The summed E-state index contributed by atoms with van der Waals surface area (Å²) < 4.78 is 7.52. The molecule has 5 heteroatoms. The van der Waals surface area contributed by atoms with Gasteiger partial charge in [-0.3, -0.25) is 4.79 Å². The summed E-state index contributed by atoms with van der Waals surface area (Å²) in [4.78, 5) is 17.1. The number of fused-ring (bicyclic) bond motifs is 1.